The summed E-state index contributed by atoms with van der Waals surface area (Å²) in [4.78, 5) is 12.8. The van der Waals surface area contributed by atoms with Crippen molar-refractivity contribution in [2.24, 2.45) is 5.92 Å². The van der Waals surface area contributed by atoms with Gasteiger partial charge in [-0.25, -0.2) is 0 Å². The van der Waals surface area contributed by atoms with Crippen molar-refractivity contribution in [2.75, 3.05) is 13.2 Å². The van der Waals surface area contributed by atoms with Crippen LogP contribution in [0, 0.1) is 5.92 Å². The minimum Gasteiger partial charge on any atom is -0.491 e. The van der Waals surface area contributed by atoms with Gasteiger partial charge in [-0.3, -0.25) is 4.79 Å². The Balaban J connectivity index is 1.41. The Morgan fingerprint density at radius 1 is 1.12 bits per heavy atom. The van der Waals surface area contributed by atoms with Gasteiger partial charge in [0.2, 0.25) is 0 Å². The average Bonchev–Trinajstić information content (AvgIpc) is 3.39. The molecule has 1 aliphatic heterocycles. The Morgan fingerprint density at radius 2 is 1.96 bits per heavy atom. The maximum absolute atomic E-state index is 12.8. The third-order valence-electron chi connectivity index (χ3n) is 5.09. The summed E-state index contributed by atoms with van der Waals surface area (Å²) in [7, 11) is 0. The summed E-state index contributed by atoms with van der Waals surface area (Å²) in [5.41, 5.74) is 1.81. The summed E-state index contributed by atoms with van der Waals surface area (Å²) in [6, 6.07) is 17.7. The van der Waals surface area contributed by atoms with E-state index in [0.29, 0.717) is 18.1 Å². The van der Waals surface area contributed by atoms with E-state index in [2.05, 4.69) is 17.4 Å². The molecule has 0 aromatic heterocycles. The molecule has 1 saturated heterocycles. The van der Waals surface area contributed by atoms with E-state index in [-0.39, 0.29) is 18.1 Å². The monoisotopic (exact) mass is 351 g/mol. The fraction of sp³-hybridized carbons (Fsp3) is 0.409. The second-order valence-electron chi connectivity index (χ2n) is 7.17. The number of ether oxygens (including phenoxy) is 2. The first kappa shape index (κ1) is 17.1. The van der Waals surface area contributed by atoms with Gasteiger partial charge in [0.05, 0.1) is 12.1 Å². The standard InChI is InChI=1S/C22H25NO3/c24-22(23-21(17-11-12-17)16-6-2-1-3-7-16)18-8-4-9-19(14-18)26-15-20-10-5-13-25-20/h1-4,6-9,14,17,20-21H,5,10-13,15H2,(H,23,24). The van der Waals surface area contributed by atoms with Crippen molar-refractivity contribution in [1.82, 2.24) is 5.32 Å². The van der Waals surface area contributed by atoms with Crippen LogP contribution in [0.15, 0.2) is 54.6 Å². The van der Waals surface area contributed by atoms with Gasteiger partial charge in [0.25, 0.3) is 5.91 Å². The van der Waals surface area contributed by atoms with E-state index in [1.807, 2.05) is 42.5 Å². The number of benzene rings is 2. The Kier molecular flexibility index (Phi) is 5.21. The van der Waals surface area contributed by atoms with Crippen LogP contribution in [-0.2, 0) is 4.74 Å². The molecule has 26 heavy (non-hydrogen) atoms. The molecule has 4 heteroatoms. The number of nitrogens with one attached hydrogen (secondary N) is 1. The molecule has 1 heterocycles. The molecule has 0 spiro atoms. The van der Waals surface area contributed by atoms with Crippen LogP contribution in [0.3, 0.4) is 0 Å². The van der Waals surface area contributed by atoms with Gasteiger partial charge in [0.1, 0.15) is 12.4 Å². The fourth-order valence-electron chi connectivity index (χ4n) is 3.48. The van der Waals surface area contributed by atoms with Crippen molar-refractivity contribution in [2.45, 2.75) is 37.8 Å². The first-order chi connectivity index (χ1) is 12.8. The zero-order valence-corrected chi connectivity index (χ0v) is 14.9. The second-order valence-corrected chi connectivity index (χ2v) is 7.17. The van der Waals surface area contributed by atoms with Gasteiger partial charge >= 0.3 is 0 Å². The zero-order chi connectivity index (χ0) is 17.8. The van der Waals surface area contributed by atoms with E-state index >= 15 is 0 Å². The minimum atomic E-state index is -0.0479. The third kappa shape index (κ3) is 4.25. The predicted octanol–water partition coefficient (Wildman–Crippen LogP) is 4.13. The molecule has 4 rings (SSSR count). The average molecular weight is 351 g/mol. The molecular weight excluding hydrogens is 326 g/mol. The highest BCUT2D eigenvalue weighted by Gasteiger charge is 2.33. The summed E-state index contributed by atoms with van der Waals surface area (Å²) in [5.74, 6) is 1.21. The van der Waals surface area contributed by atoms with Crippen LogP contribution in [0.5, 0.6) is 5.75 Å². The van der Waals surface area contributed by atoms with E-state index in [1.165, 1.54) is 18.4 Å². The highest BCUT2D eigenvalue weighted by Crippen LogP contribution is 2.41. The molecule has 2 aliphatic rings. The maximum atomic E-state index is 12.8. The quantitative estimate of drug-likeness (QED) is 0.816. The Hall–Kier alpha value is -2.33. The van der Waals surface area contributed by atoms with Crippen molar-refractivity contribution < 1.29 is 14.3 Å². The Labute approximate surface area is 154 Å². The van der Waals surface area contributed by atoms with Gasteiger partial charge in [-0.05, 0) is 55.4 Å². The van der Waals surface area contributed by atoms with Crippen molar-refractivity contribution in [3.05, 3.63) is 65.7 Å². The van der Waals surface area contributed by atoms with Gasteiger partial charge < -0.3 is 14.8 Å². The molecule has 0 bridgehead atoms. The summed E-state index contributed by atoms with van der Waals surface area (Å²) in [5, 5.41) is 3.22. The lowest BCUT2D eigenvalue weighted by molar-refractivity contribution is 0.0679. The fourth-order valence-corrected chi connectivity index (χ4v) is 3.48. The van der Waals surface area contributed by atoms with Crippen LogP contribution < -0.4 is 10.1 Å². The highest BCUT2D eigenvalue weighted by molar-refractivity contribution is 5.94. The molecule has 1 amide bonds. The largest absolute Gasteiger partial charge is 0.491 e. The van der Waals surface area contributed by atoms with Gasteiger partial charge in [0, 0.05) is 12.2 Å². The van der Waals surface area contributed by atoms with Gasteiger partial charge in [0.15, 0.2) is 0 Å². The molecule has 1 saturated carbocycles. The molecule has 1 N–H and O–H groups in total. The predicted molar refractivity (Wildman–Crippen MR) is 100 cm³/mol. The Bertz CT molecular complexity index is 736. The first-order valence-electron chi connectivity index (χ1n) is 9.50. The number of rotatable bonds is 7. The van der Waals surface area contributed by atoms with Gasteiger partial charge in [-0.1, -0.05) is 36.4 Å². The normalized spacial score (nSPS) is 20.5. The van der Waals surface area contributed by atoms with E-state index < -0.39 is 0 Å². The van der Waals surface area contributed by atoms with Crippen LogP contribution in [0.25, 0.3) is 0 Å². The molecule has 136 valence electrons. The van der Waals surface area contributed by atoms with Gasteiger partial charge in [-0.2, -0.15) is 0 Å². The number of carbonyl (C=O) groups is 1. The number of amides is 1. The molecule has 0 radical (unpaired) electrons. The Morgan fingerprint density at radius 3 is 2.69 bits per heavy atom. The number of carbonyl (C=O) groups excluding carboxylic acids is 1. The minimum absolute atomic E-state index is 0.0479. The summed E-state index contributed by atoms with van der Waals surface area (Å²) in [6.07, 6.45) is 4.65. The lowest BCUT2D eigenvalue weighted by Crippen LogP contribution is -2.29. The maximum Gasteiger partial charge on any atom is 0.251 e. The number of hydrogen-bond acceptors (Lipinski definition) is 3. The van der Waals surface area contributed by atoms with Crippen molar-refractivity contribution >= 4 is 5.91 Å². The van der Waals surface area contributed by atoms with E-state index in [1.54, 1.807) is 0 Å². The summed E-state index contributed by atoms with van der Waals surface area (Å²) >= 11 is 0. The summed E-state index contributed by atoms with van der Waals surface area (Å²) in [6.45, 7) is 1.36. The topological polar surface area (TPSA) is 47.6 Å². The SMILES string of the molecule is O=C(NC(c1ccccc1)C1CC1)c1cccc(OCC2CCCO2)c1. The molecule has 2 fully saturated rings. The zero-order valence-electron chi connectivity index (χ0n) is 14.9. The van der Waals surface area contributed by atoms with E-state index in [0.717, 1.165) is 25.2 Å². The third-order valence-corrected chi connectivity index (χ3v) is 5.09. The smallest absolute Gasteiger partial charge is 0.251 e. The molecule has 1 aliphatic carbocycles. The molecule has 2 unspecified atom stereocenters. The van der Waals surface area contributed by atoms with Crippen molar-refractivity contribution in [3.63, 3.8) is 0 Å². The van der Waals surface area contributed by atoms with Crippen LogP contribution in [0.2, 0.25) is 0 Å². The molecule has 2 atom stereocenters. The second kappa shape index (κ2) is 7.92. The molecular formula is C22H25NO3. The highest BCUT2D eigenvalue weighted by atomic mass is 16.5. The van der Waals surface area contributed by atoms with Crippen LogP contribution in [0.4, 0.5) is 0 Å². The molecule has 2 aromatic carbocycles. The summed E-state index contributed by atoms with van der Waals surface area (Å²) < 4.78 is 11.4. The number of hydrogen-bond donors (Lipinski definition) is 1. The van der Waals surface area contributed by atoms with Crippen molar-refractivity contribution in [1.29, 1.82) is 0 Å². The van der Waals surface area contributed by atoms with Crippen LogP contribution in [-0.4, -0.2) is 25.2 Å². The lowest BCUT2D eigenvalue weighted by Gasteiger charge is -2.19. The van der Waals surface area contributed by atoms with E-state index in [9.17, 15) is 4.79 Å². The van der Waals surface area contributed by atoms with E-state index in [4.69, 9.17) is 9.47 Å². The molecule has 4 nitrogen and oxygen atoms in total. The van der Waals surface area contributed by atoms with Crippen LogP contribution >= 0.6 is 0 Å². The molecule has 2 aromatic rings. The van der Waals surface area contributed by atoms with Crippen LogP contribution in [0.1, 0.15) is 47.6 Å². The lowest BCUT2D eigenvalue weighted by atomic mass is 10.0. The van der Waals surface area contributed by atoms with Crippen molar-refractivity contribution in [3.8, 4) is 5.75 Å². The first-order valence-corrected chi connectivity index (χ1v) is 9.50. The van der Waals surface area contributed by atoms with Gasteiger partial charge in [-0.15, -0.1) is 0 Å².